The van der Waals surface area contributed by atoms with E-state index >= 15 is 0 Å². The number of nitro groups is 1. The molecule has 0 atom stereocenters. The Hall–Kier alpha value is -2.90. The Bertz CT molecular complexity index is 639. The van der Waals surface area contributed by atoms with Crippen molar-refractivity contribution >= 4 is 17.3 Å². The number of rotatable bonds is 6. The second kappa shape index (κ2) is 6.51. The zero-order valence-electron chi connectivity index (χ0n) is 11.4. The van der Waals surface area contributed by atoms with Crippen LogP contribution in [0.15, 0.2) is 30.6 Å². The van der Waals surface area contributed by atoms with Gasteiger partial charge in [-0.05, 0) is 19.1 Å². The van der Waals surface area contributed by atoms with E-state index in [1.165, 1.54) is 12.1 Å². The van der Waals surface area contributed by atoms with Crippen LogP contribution in [0.25, 0.3) is 0 Å². The third-order valence-corrected chi connectivity index (χ3v) is 2.83. The van der Waals surface area contributed by atoms with Crippen LogP contribution in [-0.2, 0) is 6.54 Å². The van der Waals surface area contributed by atoms with Gasteiger partial charge >= 0.3 is 0 Å². The van der Waals surface area contributed by atoms with E-state index in [0.717, 1.165) is 5.56 Å². The van der Waals surface area contributed by atoms with E-state index in [4.69, 9.17) is 0 Å². The lowest BCUT2D eigenvalue weighted by molar-refractivity contribution is -0.385. The highest BCUT2D eigenvalue weighted by atomic mass is 16.6. The van der Waals surface area contributed by atoms with Gasteiger partial charge in [-0.15, -0.1) is 0 Å². The van der Waals surface area contributed by atoms with Crippen molar-refractivity contribution in [2.75, 3.05) is 11.9 Å². The van der Waals surface area contributed by atoms with Crippen LogP contribution in [0.3, 0.4) is 0 Å². The minimum absolute atomic E-state index is 0.0296. The van der Waals surface area contributed by atoms with Gasteiger partial charge in [0.1, 0.15) is 5.56 Å². The number of anilines is 1. The second-order valence-electron chi connectivity index (χ2n) is 4.31. The third-order valence-electron chi connectivity index (χ3n) is 2.83. The van der Waals surface area contributed by atoms with Gasteiger partial charge in [0.05, 0.1) is 11.1 Å². The molecular weight excluding hydrogens is 274 g/mol. The minimum atomic E-state index is -0.567. The molecule has 2 aromatic rings. The molecule has 110 valence electrons. The minimum Gasteiger partial charge on any atom is -0.385 e. The number of nitrogens with zero attached hydrogens (tertiary/aromatic N) is 2. The maximum atomic E-state index is 12.1. The van der Waals surface area contributed by atoms with Gasteiger partial charge < -0.3 is 10.6 Å². The van der Waals surface area contributed by atoms with Crippen molar-refractivity contribution in [2.24, 2.45) is 0 Å². The summed E-state index contributed by atoms with van der Waals surface area (Å²) in [5, 5.41) is 23.1. The summed E-state index contributed by atoms with van der Waals surface area (Å²) < 4.78 is 0. The fourth-order valence-electron chi connectivity index (χ4n) is 1.84. The molecule has 8 nitrogen and oxygen atoms in total. The van der Waals surface area contributed by atoms with E-state index in [2.05, 4.69) is 20.8 Å². The largest absolute Gasteiger partial charge is 0.385 e. The van der Waals surface area contributed by atoms with Gasteiger partial charge in [0, 0.05) is 36.6 Å². The van der Waals surface area contributed by atoms with Crippen molar-refractivity contribution in [1.82, 2.24) is 15.5 Å². The maximum absolute atomic E-state index is 12.1. The Balaban J connectivity index is 2.20. The van der Waals surface area contributed by atoms with Gasteiger partial charge in [-0.1, -0.05) is 0 Å². The van der Waals surface area contributed by atoms with E-state index in [1.807, 2.05) is 6.92 Å². The summed E-state index contributed by atoms with van der Waals surface area (Å²) in [5.74, 6) is -0.498. The Morgan fingerprint density at radius 1 is 1.48 bits per heavy atom. The Morgan fingerprint density at radius 3 is 2.90 bits per heavy atom. The first kappa shape index (κ1) is 14.5. The predicted octanol–water partition coefficient (Wildman–Crippen LogP) is 1.68. The average Bonchev–Trinajstić information content (AvgIpc) is 2.98. The van der Waals surface area contributed by atoms with Gasteiger partial charge in [0.15, 0.2) is 0 Å². The Morgan fingerprint density at radius 2 is 2.29 bits per heavy atom. The first-order valence-electron chi connectivity index (χ1n) is 6.40. The lowest BCUT2D eigenvalue weighted by Gasteiger charge is -2.08. The number of amides is 1. The number of H-pyrrole nitrogens is 1. The molecule has 0 fully saturated rings. The highest BCUT2D eigenvalue weighted by Crippen LogP contribution is 2.22. The van der Waals surface area contributed by atoms with Crippen LogP contribution >= 0.6 is 0 Å². The lowest BCUT2D eigenvalue weighted by Crippen LogP contribution is -2.23. The van der Waals surface area contributed by atoms with Gasteiger partial charge in [-0.2, -0.15) is 5.10 Å². The van der Waals surface area contributed by atoms with Crippen molar-refractivity contribution in [1.29, 1.82) is 0 Å². The molecule has 8 heteroatoms. The first-order valence-corrected chi connectivity index (χ1v) is 6.40. The molecule has 1 aromatic carbocycles. The summed E-state index contributed by atoms with van der Waals surface area (Å²) in [7, 11) is 0. The Labute approximate surface area is 120 Å². The number of nitro benzene ring substituents is 1. The van der Waals surface area contributed by atoms with Crippen molar-refractivity contribution in [3.8, 4) is 0 Å². The molecule has 21 heavy (non-hydrogen) atoms. The quantitative estimate of drug-likeness (QED) is 0.553. The number of aromatic nitrogens is 2. The number of carbonyl (C=O) groups is 1. The fourth-order valence-corrected chi connectivity index (χ4v) is 1.84. The summed E-state index contributed by atoms with van der Waals surface area (Å²) in [6, 6.07) is 4.38. The summed E-state index contributed by atoms with van der Waals surface area (Å²) in [6.07, 6.45) is 3.22. The molecule has 1 heterocycles. The van der Waals surface area contributed by atoms with Gasteiger partial charge in [-0.25, -0.2) is 0 Å². The van der Waals surface area contributed by atoms with Crippen molar-refractivity contribution in [2.45, 2.75) is 13.5 Å². The van der Waals surface area contributed by atoms with Crippen LogP contribution < -0.4 is 10.6 Å². The summed E-state index contributed by atoms with van der Waals surface area (Å²) in [6.45, 7) is 2.81. The summed E-state index contributed by atoms with van der Waals surface area (Å²) in [4.78, 5) is 22.6. The number of hydrogen-bond donors (Lipinski definition) is 3. The van der Waals surface area contributed by atoms with Crippen LogP contribution in [-0.4, -0.2) is 27.6 Å². The predicted molar refractivity (Wildman–Crippen MR) is 77.0 cm³/mol. The number of hydrogen-bond acceptors (Lipinski definition) is 5. The molecule has 1 aromatic heterocycles. The second-order valence-corrected chi connectivity index (χ2v) is 4.31. The first-order chi connectivity index (χ1) is 10.1. The fraction of sp³-hybridized carbons (Fsp3) is 0.231. The molecule has 0 saturated carbocycles. The molecule has 0 spiro atoms. The number of aromatic amines is 1. The van der Waals surface area contributed by atoms with E-state index in [9.17, 15) is 14.9 Å². The van der Waals surface area contributed by atoms with Gasteiger partial charge in [0.2, 0.25) is 0 Å². The van der Waals surface area contributed by atoms with Crippen molar-refractivity contribution in [3.63, 3.8) is 0 Å². The molecule has 3 N–H and O–H groups in total. The molecule has 0 saturated heterocycles. The van der Waals surface area contributed by atoms with E-state index < -0.39 is 10.8 Å². The van der Waals surface area contributed by atoms with E-state index in [-0.39, 0.29) is 17.8 Å². The van der Waals surface area contributed by atoms with Crippen LogP contribution in [0, 0.1) is 10.1 Å². The summed E-state index contributed by atoms with van der Waals surface area (Å²) >= 11 is 0. The maximum Gasteiger partial charge on any atom is 0.282 e. The smallest absolute Gasteiger partial charge is 0.282 e. The zero-order chi connectivity index (χ0) is 15.2. The molecule has 1 amide bonds. The Kier molecular flexibility index (Phi) is 4.50. The highest BCUT2D eigenvalue weighted by Gasteiger charge is 2.20. The zero-order valence-corrected chi connectivity index (χ0v) is 11.4. The van der Waals surface area contributed by atoms with Crippen molar-refractivity contribution < 1.29 is 9.72 Å². The van der Waals surface area contributed by atoms with Crippen LogP contribution in [0.4, 0.5) is 11.4 Å². The molecule has 2 rings (SSSR count). The van der Waals surface area contributed by atoms with Crippen LogP contribution in [0.1, 0.15) is 22.8 Å². The van der Waals surface area contributed by atoms with E-state index in [1.54, 1.807) is 18.5 Å². The topological polar surface area (TPSA) is 113 Å². The molecule has 0 unspecified atom stereocenters. The SMILES string of the molecule is CCNc1ccc([N+](=O)[O-])c(C(=O)NCc2cn[nH]c2)c1. The number of benzene rings is 1. The van der Waals surface area contributed by atoms with Crippen LogP contribution in [0.2, 0.25) is 0 Å². The molecule has 0 aliphatic rings. The van der Waals surface area contributed by atoms with Gasteiger partial charge in [-0.3, -0.25) is 20.0 Å². The summed E-state index contributed by atoms with van der Waals surface area (Å²) in [5.41, 5.74) is 1.26. The number of carbonyl (C=O) groups excluding carboxylic acids is 1. The molecule has 0 aliphatic carbocycles. The molecule has 0 radical (unpaired) electrons. The molecular formula is C13H15N5O3. The van der Waals surface area contributed by atoms with Gasteiger partial charge in [0.25, 0.3) is 11.6 Å². The number of nitrogens with one attached hydrogen (secondary N) is 3. The average molecular weight is 289 g/mol. The van der Waals surface area contributed by atoms with Crippen molar-refractivity contribution in [3.05, 3.63) is 51.8 Å². The third kappa shape index (κ3) is 3.56. The highest BCUT2D eigenvalue weighted by molar-refractivity contribution is 5.99. The lowest BCUT2D eigenvalue weighted by atomic mass is 10.1. The monoisotopic (exact) mass is 289 g/mol. The molecule has 0 bridgehead atoms. The standard InChI is InChI=1S/C13H15N5O3/c1-2-14-10-3-4-12(18(20)21)11(5-10)13(19)15-6-9-7-16-17-8-9/h3-5,7-8,14H,2,6H2,1H3,(H,15,19)(H,16,17). The molecule has 0 aliphatic heterocycles. The normalized spacial score (nSPS) is 10.1. The van der Waals surface area contributed by atoms with Crippen LogP contribution in [0.5, 0.6) is 0 Å². The van der Waals surface area contributed by atoms with E-state index in [0.29, 0.717) is 12.2 Å².